The second-order valence-corrected chi connectivity index (χ2v) is 7.96. The van der Waals surface area contributed by atoms with Gasteiger partial charge < -0.3 is 48.5 Å². The lowest BCUT2D eigenvalue weighted by atomic mass is 10.1. The highest BCUT2D eigenvalue weighted by Gasteiger charge is 2.32. The summed E-state index contributed by atoms with van der Waals surface area (Å²) >= 11 is 0. The largest absolute Gasteiger partial charge is 0.481 e. The van der Waals surface area contributed by atoms with Gasteiger partial charge in [0.25, 0.3) is 0 Å². The van der Waals surface area contributed by atoms with Crippen LogP contribution in [0, 0.1) is 0 Å². The van der Waals surface area contributed by atoms with Crippen LogP contribution in [0.5, 0.6) is 0 Å². The second kappa shape index (κ2) is 16.7. The molecule has 0 saturated heterocycles. The summed E-state index contributed by atoms with van der Waals surface area (Å²) in [6.45, 7) is 1.91. The predicted molar refractivity (Wildman–Crippen MR) is 121 cm³/mol. The Hall–Kier alpha value is -2.81. The van der Waals surface area contributed by atoms with E-state index >= 15 is 0 Å². The van der Waals surface area contributed by atoms with E-state index in [1.54, 1.807) is 0 Å². The maximum absolute atomic E-state index is 12.8. The van der Waals surface area contributed by atoms with E-state index in [-0.39, 0.29) is 12.8 Å². The minimum Gasteiger partial charge on any atom is -0.481 e. The standard InChI is InChI=1S/C20H38N6O8/c1-11(27)16(20(33)34)26-18(31)13(7-3-5-9-22)24-19(32)14(10-15(28)29)25-17(30)12(23)6-2-4-8-21/h11-14,16,27H,2-10,21-23H2,1H3,(H,24,32)(H,25,30)(H,26,31)(H,28,29)(H,33,34). The van der Waals surface area contributed by atoms with Crippen LogP contribution in [0.15, 0.2) is 0 Å². The zero-order valence-electron chi connectivity index (χ0n) is 19.4. The van der Waals surface area contributed by atoms with E-state index in [1.165, 1.54) is 6.92 Å². The molecule has 196 valence electrons. The summed E-state index contributed by atoms with van der Waals surface area (Å²) in [6.07, 6.45) is 0.269. The number of nitrogens with two attached hydrogens (primary N) is 3. The summed E-state index contributed by atoms with van der Waals surface area (Å²) in [6, 6.07) is -5.39. The number of aliphatic hydroxyl groups is 1. The van der Waals surface area contributed by atoms with Crippen molar-refractivity contribution in [1.29, 1.82) is 0 Å². The highest BCUT2D eigenvalue weighted by molar-refractivity contribution is 5.95. The molecule has 0 fully saturated rings. The van der Waals surface area contributed by atoms with Crippen LogP contribution in [0.3, 0.4) is 0 Å². The average Bonchev–Trinajstić information content (AvgIpc) is 2.75. The number of amides is 3. The summed E-state index contributed by atoms with van der Waals surface area (Å²) in [5.41, 5.74) is 16.6. The monoisotopic (exact) mass is 490 g/mol. The highest BCUT2D eigenvalue weighted by atomic mass is 16.4. The number of rotatable bonds is 18. The van der Waals surface area contributed by atoms with Gasteiger partial charge in [-0.25, -0.2) is 4.79 Å². The van der Waals surface area contributed by atoms with Crippen molar-refractivity contribution in [3.8, 4) is 0 Å². The van der Waals surface area contributed by atoms with E-state index in [1.807, 2.05) is 0 Å². The van der Waals surface area contributed by atoms with Crippen LogP contribution in [0.4, 0.5) is 0 Å². The van der Waals surface area contributed by atoms with Crippen molar-refractivity contribution in [2.45, 2.75) is 82.1 Å². The van der Waals surface area contributed by atoms with Gasteiger partial charge in [0, 0.05) is 0 Å². The van der Waals surface area contributed by atoms with E-state index in [4.69, 9.17) is 22.3 Å². The number of carboxylic acid groups (broad SMARTS) is 2. The quantitative estimate of drug-likeness (QED) is 0.0872. The number of carbonyl (C=O) groups excluding carboxylic acids is 3. The van der Waals surface area contributed by atoms with Crippen molar-refractivity contribution in [1.82, 2.24) is 16.0 Å². The second-order valence-electron chi connectivity index (χ2n) is 7.96. The van der Waals surface area contributed by atoms with Gasteiger partial charge in [-0.15, -0.1) is 0 Å². The van der Waals surface area contributed by atoms with Crippen molar-refractivity contribution < 1.29 is 39.3 Å². The van der Waals surface area contributed by atoms with Crippen molar-refractivity contribution in [2.24, 2.45) is 17.2 Å². The molecule has 0 saturated carbocycles. The minimum atomic E-state index is -1.62. The molecule has 0 rings (SSSR count). The molecule has 5 atom stereocenters. The van der Waals surface area contributed by atoms with Gasteiger partial charge in [0.1, 0.15) is 12.1 Å². The predicted octanol–water partition coefficient (Wildman–Crippen LogP) is -3.03. The Kier molecular flexibility index (Phi) is 15.4. The topological polar surface area (TPSA) is 260 Å². The maximum Gasteiger partial charge on any atom is 0.328 e. The van der Waals surface area contributed by atoms with Crippen molar-refractivity contribution >= 4 is 29.7 Å². The first-order chi connectivity index (χ1) is 15.9. The summed E-state index contributed by atoms with van der Waals surface area (Å²) in [4.78, 5) is 60.3. The van der Waals surface area contributed by atoms with Crippen LogP contribution >= 0.6 is 0 Å². The third-order valence-electron chi connectivity index (χ3n) is 4.94. The molecule has 0 aliphatic carbocycles. The smallest absolute Gasteiger partial charge is 0.328 e. The molecule has 0 bridgehead atoms. The van der Waals surface area contributed by atoms with Gasteiger partial charge >= 0.3 is 11.9 Å². The molecule has 0 spiro atoms. The van der Waals surface area contributed by atoms with Gasteiger partial charge in [-0.3, -0.25) is 19.2 Å². The third kappa shape index (κ3) is 12.4. The number of carboxylic acids is 2. The number of unbranched alkanes of at least 4 members (excludes halogenated alkanes) is 2. The molecule has 14 nitrogen and oxygen atoms in total. The summed E-state index contributed by atoms with van der Waals surface area (Å²) in [7, 11) is 0. The minimum absolute atomic E-state index is 0.0628. The Bertz CT molecular complexity index is 690. The molecular weight excluding hydrogens is 452 g/mol. The van der Waals surface area contributed by atoms with Gasteiger partial charge in [0.15, 0.2) is 6.04 Å². The van der Waals surface area contributed by atoms with Crippen molar-refractivity contribution in [2.75, 3.05) is 13.1 Å². The lowest BCUT2D eigenvalue weighted by Crippen LogP contribution is -2.58. The fourth-order valence-corrected chi connectivity index (χ4v) is 2.98. The third-order valence-corrected chi connectivity index (χ3v) is 4.94. The van der Waals surface area contributed by atoms with Gasteiger partial charge in [-0.05, 0) is 52.1 Å². The first-order valence-electron chi connectivity index (χ1n) is 11.1. The number of hydrogen-bond acceptors (Lipinski definition) is 9. The number of aliphatic carboxylic acids is 2. The molecule has 0 aromatic rings. The Labute approximate surface area is 198 Å². The van der Waals surface area contributed by atoms with Crippen LogP contribution in [-0.4, -0.2) is 88.3 Å². The number of aliphatic hydroxyl groups excluding tert-OH is 1. The Morgan fingerprint density at radius 2 is 1.26 bits per heavy atom. The van der Waals surface area contributed by atoms with Gasteiger partial charge in [-0.1, -0.05) is 6.42 Å². The molecule has 0 heterocycles. The first kappa shape index (κ1) is 31.2. The van der Waals surface area contributed by atoms with E-state index in [2.05, 4.69) is 16.0 Å². The van der Waals surface area contributed by atoms with E-state index < -0.39 is 66.4 Å². The maximum atomic E-state index is 12.8. The van der Waals surface area contributed by atoms with Gasteiger partial charge in [-0.2, -0.15) is 0 Å². The van der Waals surface area contributed by atoms with Crippen LogP contribution in [0.25, 0.3) is 0 Å². The van der Waals surface area contributed by atoms with Gasteiger partial charge in [0.2, 0.25) is 17.7 Å². The Balaban J connectivity index is 5.44. The van der Waals surface area contributed by atoms with E-state index in [0.717, 1.165) is 0 Å². The molecule has 5 unspecified atom stereocenters. The van der Waals surface area contributed by atoms with Crippen molar-refractivity contribution in [3.05, 3.63) is 0 Å². The molecular formula is C20H38N6O8. The lowest BCUT2D eigenvalue weighted by Gasteiger charge is -2.25. The molecule has 0 aromatic carbocycles. The summed E-state index contributed by atoms with van der Waals surface area (Å²) in [5.74, 6) is -5.43. The van der Waals surface area contributed by atoms with Gasteiger partial charge in [0.05, 0.1) is 18.6 Å². The van der Waals surface area contributed by atoms with Crippen LogP contribution in [0.2, 0.25) is 0 Å². The van der Waals surface area contributed by atoms with Crippen LogP contribution in [0.1, 0.15) is 51.9 Å². The van der Waals surface area contributed by atoms with E-state index in [9.17, 15) is 34.2 Å². The molecule has 14 heteroatoms. The molecule has 0 aliphatic rings. The zero-order valence-corrected chi connectivity index (χ0v) is 19.4. The normalized spacial score (nSPS) is 15.3. The molecule has 34 heavy (non-hydrogen) atoms. The fraction of sp³-hybridized carbons (Fsp3) is 0.750. The number of nitrogens with one attached hydrogen (secondary N) is 3. The molecule has 12 N–H and O–H groups in total. The molecule has 0 radical (unpaired) electrons. The molecule has 0 aliphatic heterocycles. The first-order valence-corrected chi connectivity index (χ1v) is 11.1. The Morgan fingerprint density at radius 3 is 1.74 bits per heavy atom. The highest BCUT2D eigenvalue weighted by Crippen LogP contribution is 2.06. The summed E-state index contributed by atoms with van der Waals surface area (Å²) < 4.78 is 0. The lowest BCUT2D eigenvalue weighted by molar-refractivity contribution is -0.145. The Morgan fingerprint density at radius 1 is 0.765 bits per heavy atom. The van der Waals surface area contributed by atoms with Crippen LogP contribution < -0.4 is 33.2 Å². The fourth-order valence-electron chi connectivity index (χ4n) is 2.98. The molecule has 3 amide bonds. The summed E-state index contributed by atoms with van der Waals surface area (Å²) in [5, 5.41) is 34.7. The van der Waals surface area contributed by atoms with Crippen molar-refractivity contribution in [3.63, 3.8) is 0 Å². The van der Waals surface area contributed by atoms with Crippen LogP contribution in [-0.2, 0) is 24.0 Å². The number of carbonyl (C=O) groups is 5. The molecule has 0 aromatic heterocycles. The SMILES string of the molecule is CC(O)C(NC(=O)C(CCCCN)NC(=O)C(CC(=O)O)NC(=O)C(N)CCCCN)C(=O)O. The zero-order chi connectivity index (χ0) is 26.3. The number of hydrogen-bond donors (Lipinski definition) is 9. The average molecular weight is 491 g/mol. The van der Waals surface area contributed by atoms with E-state index in [0.29, 0.717) is 38.8 Å².